The van der Waals surface area contributed by atoms with Crippen molar-refractivity contribution in [1.82, 2.24) is 0 Å². The molecule has 0 aromatic rings. The number of carbonyl (C=O) groups is 3. The summed E-state index contributed by atoms with van der Waals surface area (Å²) < 4.78 is 16.8. The smallest absolute Gasteiger partial charge is 0.306 e. The molecule has 0 heterocycles. The van der Waals surface area contributed by atoms with Crippen LogP contribution in [0.5, 0.6) is 0 Å². The lowest BCUT2D eigenvalue weighted by Crippen LogP contribution is -2.30. The Labute approximate surface area is 420 Å². The van der Waals surface area contributed by atoms with E-state index in [1.165, 1.54) is 122 Å². The molecule has 0 aliphatic heterocycles. The van der Waals surface area contributed by atoms with Gasteiger partial charge in [-0.2, -0.15) is 0 Å². The molecular formula is C62H106O6. The normalized spacial score (nSPS) is 12.7. The Balaban J connectivity index is 4.42. The van der Waals surface area contributed by atoms with Gasteiger partial charge in [0.2, 0.25) is 0 Å². The molecule has 0 amide bonds. The molecule has 1 atom stereocenters. The first-order valence-electron chi connectivity index (χ1n) is 28.6. The molecular weight excluding hydrogens is 841 g/mol. The van der Waals surface area contributed by atoms with Gasteiger partial charge < -0.3 is 14.2 Å². The van der Waals surface area contributed by atoms with E-state index in [-0.39, 0.29) is 31.1 Å². The number of ether oxygens (including phenoxy) is 3. The molecule has 0 aromatic carbocycles. The fourth-order valence-electron chi connectivity index (χ4n) is 7.92. The maximum Gasteiger partial charge on any atom is 0.306 e. The first-order chi connectivity index (χ1) is 33.5. The Morgan fingerprint density at radius 2 is 0.574 bits per heavy atom. The highest BCUT2D eigenvalue weighted by Gasteiger charge is 2.19. The molecule has 0 aromatic heterocycles. The first kappa shape index (κ1) is 64.6. The second kappa shape index (κ2) is 56.2. The van der Waals surface area contributed by atoms with E-state index in [2.05, 4.69) is 106 Å². The van der Waals surface area contributed by atoms with Crippen molar-refractivity contribution < 1.29 is 28.6 Å². The minimum absolute atomic E-state index is 0.0891. The molecule has 6 heteroatoms. The fourth-order valence-corrected chi connectivity index (χ4v) is 7.92. The van der Waals surface area contributed by atoms with Gasteiger partial charge in [-0.1, -0.05) is 247 Å². The number of unbranched alkanes of at least 4 members (excludes halogenated alkanes) is 26. The molecule has 0 bridgehead atoms. The van der Waals surface area contributed by atoms with Crippen molar-refractivity contribution in [2.45, 2.75) is 277 Å². The van der Waals surface area contributed by atoms with E-state index in [0.29, 0.717) is 19.3 Å². The lowest BCUT2D eigenvalue weighted by Gasteiger charge is -2.18. The highest BCUT2D eigenvalue weighted by molar-refractivity contribution is 5.71. The van der Waals surface area contributed by atoms with Crippen LogP contribution in [0, 0.1) is 0 Å². The van der Waals surface area contributed by atoms with Crippen LogP contribution in [0.4, 0.5) is 0 Å². The second-order valence-electron chi connectivity index (χ2n) is 18.8. The van der Waals surface area contributed by atoms with Gasteiger partial charge in [0.1, 0.15) is 13.2 Å². The third-order valence-corrected chi connectivity index (χ3v) is 12.1. The summed E-state index contributed by atoms with van der Waals surface area (Å²) in [6, 6.07) is 0. The summed E-state index contributed by atoms with van der Waals surface area (Å²) in [7, 11) is 0. The van der Waals surface area contributed by atoms with Crippen LogP contribution in [0.2, 0.25) is 0 Å². The SMILES string of the molecule is CC/C=C\C/C=C\C/C=C\C/C=C\CCCCCC(=O)OC(COC(=O)CCCCCCCCCCC/C=C\C/C=C\C/C=C\CC)COC(=O)CCCCCCCCCCCCCCCCC. The van der Waals surface area contributed by atoms with Crippen LogP contribution in [-0.2, 0) is 28.6 Å². The number of hydrogen-bond donors (Lipinski definition) is 0. The monoisotopic (exact) mass is 947 g/mol. The van der Waals surface area contributed by atoms with E-state index in [9.17, 15) is 14.4 Å². The van der Waals surface area contributed by atoms with E-state index in [0.717, 1.165) is 109 Å². The minimum Gasteiger partial charge on any atom is -0.462 e. The molecule has 6 nitrogen and oxygen atoms in total. The van der Waals surface area contributed by atoms with Crippen molar-refractivity contribution in [1.29, 1.82) is 0 Å². The van der Waals surface area contributed by atoms with Crippen LogP contribution < -0.4 is 0 Å². The number of rotatable bonds is 51. The fraction of sp³-hybridized carbons (Fsp3) is 0.726. The second-order valence-corrected chi connectivity index (χ2v) is 18.8. The summed E-state index contributed by atoms with van der Waals surface area (Å²) >= 11 is 0. The van der Waals surface area contributed by atoms with Crippen molar-refractivity contribution in [3.8, 4) is 0 Å². The quantitative estimate of drug-likeness (QED) is 0.0262. The predicted octanol–water partition coefficient (Wildman–Crippen LogP) is 19.2. The summed E-state index contributed by atoms with van der Waals surface area (Å²) in [6.07, 6.45) is 72.8. The van der Waals surface area contributed by atoms with Crippen molar-refractivity contribution in [3.05, 3.63) is 85.1 Å². The van der Waals surface area contributed by atoms with Crippen LogP contribution in [0.25, 0.3) is 0 Å². The predicted molar refractivity (Wildman–Crippen MR) is 293 cm³/mol. The summed E-state index contributed by atoms with van der Waals surface area (Å²) in [5.41, 5.74) is 0. The summed E-state index contributed by atoms with van der Waals surface area (Å²) in [6.45, 7) is 6.40. The Morgan fingerprint density at radius 3 is 0.912 bits per heavy atom. The average Bonchev–Trinajstić information content (AvgIpc) is 3.34. The topological polar surface area (TPSA) is 78.9 Å². The Morgan fingerprint density at radius 1 is 0.309 bits per heavy atom. The van der Waals surface area contributed by atoms with Gasteiger partial charge in [-0.3, -0.25) is 14.4 Å². The lowest BCUT2D eigenvalue weighted by molar-refractivity contribution is -0.167. The summed E-state index contributed by atoms with van der Waals surface area (Å²) in [4.78, 5) is 38.2. The average molecular weight is 948 g/mol. The van der Waals surface area contributed by atoms with Gasteiger partial charge in [-0.15, -0.1) is 0 Å². The van der Waals surface area contributed by atoms with Crippen LogP contribution in [0.1, 0.15) is 271 Å². The minimum atomic E-state index is -0.794. The Bertz CT molecular complexity index is 1320. The maximum absolute atomic E-state index is 12.8. The van der Waals surface area contributed by atoms with E-state index in [1.54, 1.807) is 0 Å². The van der Waals surface area contributed by atoms with E-state index in [4.69, 9.17) is 14.2 Å². The number of carbonyl (C=O) groups excluding carboxylic acids is 3. The number of esters is 3. The third kappa shape index (κ3) is 53.5. The molecule has 0 saturated heterocycles. The van der Waals surface area contributed by atoms with Gasteiger partial charge in [0.15, 0.2) is 6.10 Å². The van der Waals surface area contributed by atoms with Crippen LogP contribution in [0.3, 0.4) is 0 Å². The van der Waals surface area contributed by atoms with Crippen molar-refractivity contribution in [3.63, 3.8) is 0 Å². The zero-order valence-corrected chi connectivity index (χ0v) is 44.6. The molecule has 0 rings (SSSR count). The molecule has 1 unspecified atom stereocenters. The van der Waals surface area contributed by atoms with Crippen molar-refractivity contribution in [2.24, 2.45) is 0 Å². The first-order valence-corrected chi connectivity index (χ1v) is 28.6. The molecule has 390 valence electrons. The van der Waals surface area contributed by atoms with Gasteiger partial charge in [0.05, 0.1) is 0 Å². The zero-order valence-electron chi connectivity index (χ0n) is 44.6. The third-order valence-electron chi connectivity index (χ3n) is 12.1. The molecule has 0 fully saturated rings. The van der Waals surface area contributed by atoms with Gasteiger partial charge >= 0.3 is 17.9 Å². The zero-order chi connectivity index (χ0) is 49.3. The molecule has 0 spiro atoms. The molecule has 0 radical (unpaired) electrons. The molecule has 0 saturated carbocycles. The molecule has 0 N–H and O–H groups in total. The van der Waals surface area contributed by atoms with Gasteiger partial charge in [0.25, 0.3) is 0 Å². The van der Waals surface area contributed by atoms with Crippen LogP contribution in [-0.4, -0.2) is 37.2 Å². The van der Waals surface area contributed by atoms with Gasteiger partial charge in [0, 0.05) is 19.3 Å². The molecule has 68 heavy (non-hydrogen) atoms. The maximum atomic E-state index is 12.8. The standard InChI is InChI=1S/C62H106O6/c1-4-7-10-13-16-19-22-25-28-30-31-32-35-37-40-43-46-49-52-55-61(64)67-58-59(57-66-60(63)54-51-48-45-42-39-36-33-27-24-21-18-15-12-9-6-3)68-62(65)56-53-50-47-44-41-38-34-29-26-23-20-17-14-11-8-5-2/h7-8,10-11,16-17,19-20,25-26,28-29,38,41,59H,4-6,9,12-15,18,21-24,27,30-37,39-40,42-58H2,1-3H3/b10-7-,11-8-,19-16-,20-17-,28-25-,29-26-,41-38-. The lowest BCUT2D eigenvalue weighted by atomic mass is 10.0. The Kier molecular flexibility index (Phi) is 53.4. The summed E-state index contributed by atoms with van der Waals surface area (Å²) in [5.74, 6) is -0.919. The van der Waals surface area contributed by atoms with Gasteiger partial charge in [-0.05, 0) is 89.9 Å². The van der Waals surface area contributed by atoms with Gasteiger partial charge in [-0.25, -0.2) is 0 Å². The molecule has 0 aliphatic rings. The highest BCUT2D eigenvalue weighted by Crippen LogP contribution is 2.16. The number of hydrogen-bond acceptors (Lipinski definition) is 6. The largest absolute Gasteiger partial charge is 0.462 e. The van der Waals surface area contributed by atoms with E-state index in [1.807, 2.05) is 0 Å². The van der Waals surface area contributed by atoms with Crippen molar-refractivity contribution >= 4 is 17.9 Å². The van der Waals surface area contributed by atoms with Crippen LogP contribution in [0.15, 0.2) is 85.1 Å². The Hall–Kier alpha value is -3.41. The number of allylic oxidation sites excluding steroid dienone is 14. The van der Waals surface area contributed by atoms with Crippen LogP contribution >= 0.6 is 0 Å². The van der Waals surface area contributed by atoms with Crippen molar-refractivity contribution in [2.75, 3.05) is 13.2 Å². The van der Waals surface area contributed by atoms with E-state index >= 15 is 0 Å². The molecule has 0 aliphatic carbocycles. The summed E-state index contributed by atoms with van der Waals surface area (Å²) in [5, 5.41) is 0. The van der Waals surface area contributed by atoms with E-state index < -0.39 is 6.10 Å². The highest BCUT2D eigenvalue weighted by atomic mass is 16.6.